The molecule has 2 aliphatic heterocycles. The molecule has 0 amide bonds. The van der Waals surface area contributed by atoms with Gasteiger partial charge in [-0.05, 0) is 30.3 Å². The molecule has 3 aromatic rings. The van der Waals surface area contributed by atoms with Crippen molar-refractivity contribution >= 4 is 28.4 Å². The number of fused-ring (bicyclic) bond motifs is 3. The summed E-state index contributed by atoms with van der Waals surface area (Å²) in [7, 11) is 0. The molecule has 0 radical (unpaired) electrons. The molecule has 2 heterocycles. The lowest BCUT2D eigenvalue weighted by atomic mass is 9.98. The second-order valence-corrected chi connectivity index (χ2v) is 7.41. The quantitative estimate of drug-likeness (QED) is 0.451. The van der Waals surface area contributed by atoms with Gasteiger partial charge in [0.1, 0.15) is 6.04 Å². The van der Waals surface area contributed by atoms with Gasteiger partial charge in [0.05, 0.1) is 33.5 Å². The van der Waals surface area contributed by atoms with Crippen LogP contribution in [0.5, 0.6) is 0 Å². The smallest absolute Gasteiger partial charge is 0.275 e. The lowest BCUT2D eigenvalue weighted by Gasteiger charge is -2.41. The molecular formula is C22H17N5O5. The van der Waals surface area contributed by atoms with Gasteiger partial charge in [-0.3, -0.25) is 20.2 Å². The molecule has 2 N–H and O–H groups in total. The second kappa shape index (κ2) is 7.27. The van der Waals surface area contributed by atoms with Crippen LogP contribution in [0.4, 0.5) is 28.4 Å². The summed E-state index contributed by atoms with van der Waals surface area (Å²) in [6.07, 6.45) is 0. The van der Waals surface area contributed by atoms with Crippen LogP contribution in [0.2, 0.25) is 0 Å². The number of nitro benzene ring substituents is 2. The zero-order valence-electron chi connectivity index (χ0n) is 16.6. The average molecular weight is 431 g/mol. The van der Waals surface area contributed by atoms with Gasteiger partial charge in [-0.15, -0.1) is 0 Å². The first-order valence-corrected chi connectivity index (χ1v) is 9.77. The third-order valence-electron chi connectivity index (χ3n) is 5.65. The predicted octanol–water partition coefficient (Wildman–Crippen LogP) is 4.68. The number of aliphatic hydroxyl groups excluding tert-OH is 1. The Morgan fingerprint density at radius 3 is 2.31 bits per heavy atom. The van der Waals surface area contributed by atoms with Crippen molar-refractivity contribution < 1.29 is 15.0 Å². The minimum Gasteiger partial charge on any atom is -0.506 e. The first kappa shape index (κ1) is 19.4. The maximum absolute atomic E-state index is 11.7. The summed E-state index contributed by atoms with van der Waals surface area (Å²) in [5, 5.41) is 37.4. The maximum Gasteiger partial charge on any atom is 0.275 e. The summed E-state index contributed by atoms with van der Waals surface area (Å²) in [6.45, 7) is 0.262. The van der Waals surface area contributed by atoms with E-state index in [0.717, 1.165) is 11.4 Å². The van der Waals surface area contributed by atoms with Crippen molar-refractivity contribution in [1.82, 2.24) is 0 Å². The van der Waals surface area contributed by atoms with Gasteiger partial charge in [0.25, 0.3) is 11.4 Å². The van der Waals surface area contributed by atoms with Gasteiger partial charge in [-0.25, -0.2) is 0 Å². The monoisotopic (exact) mass is 431 g/mol. The second-order valence-electron chi connectivity index (χ2n) is 7.41. The highest BCUT2D eigenvalue weighted by atomic mass is 16.6. The first-order chi connectivity index (χ1) is 15.5. The van der Waals surface area contributed by atoms with Crippen molar-refractivity contribution in [3.8, 4) is 0 Å². The largest absolute Gasteiger partial charge is 0.506 e. The molecule has 32 heavy (non-hydrogen) atoms. The highest BCUT2D eigenvalue weighted by Crippen LogP contribution is 2.46. The van der Waals surface area contributed by atoms with Crippen molar-refractivity contribution in [1.29, 1.82) is 0 Å². The number of anilines is 3. The van der Waals surface area contributed by atoms with Crippen LogP contribution in [-0.2, 0) is 0 Å². The Labute approximate surface area is 181 Å². The van der Waals surface area contributed by atoms with E-state index in [-0.39, 0.29) is 23.8 Å². The van der Waals surface area contributed by atoms with Crippen molar-refractivity contribution in [3.63, 3.8) is 0 Å². The Hall–Kier alpha value is -4.60. The molecular weight excluding hydrogens is 414 g/mol. The Morgan fingerprint density at radius 2 is 1.59 bits per heavy atom. The van der Waals surface area contributed by atoms with Gasteiger partial charge < -0.3 is 20.2 Å². The van der Waals surface area contributed by atoms with Crippen LogP contribution in [0.15, 0.2) is 84.4 Å². The Bertz CT molecular complexity index is 1270. The van der Waals surface area contributed by atoms with E-state index in [1.807, 2.05) is 29.2 Å². The number of nitro groups is 2. The maximum atomic E-state index is 11.7. The molecule has 0 fully saturated rings. The van der Waals surface area contributed by atoms with Crippen LogP contribution in [0.1, 0.15) is 11.6 Å². The van der Waals surface area contributed by atoms with Crippen molar-refractivity contribution in [2.45, 2.75) is 6.04 Å². The third-order valence-corrected chi connectivity index (χ3v) is 5.65. The van der Waals surface area contributed by atoms with E-state index in [0.29, 0.717) is 17.1 Å². The average Bonchev–Trinajstić information content (AvgIpc) is 3.18. The Kier molecular flexibility index (Phi) is 4.40. The molecule has 0 aliphatic carbocycles. The molecule has 0 aromatic heterocycles. The molecule has 1 atom stereocenters. The fraction of sp³-hybridized carbons (Fsp3) is 0.0909. The van der Waals surface area contributed by atoms with Gasteiger partial charge in [-0.2, -0.15) is 0 Å². The van der Waals surface area contributed by atoms with Crippen LogP contribution in [0.3, 0.4) is 0 Å². The van der Waals surface area contributed by atoms with Crippen LogP contribution < -0.4 is 15.1 Å². The van der Waals surface area contributed by atoms with Gasteiger partial charge in [-0.1, -0.05) is 24.3 Å². The number of para-hydroxylation sites is 3. The van der Waals surface area contributed by atoms with Gasteiger partial charge >= 0.3 is 0 Å². The lowest BCUT2D eigenvalue weighted by Crippen LogP contribution is -2.46. The van der Waals surface area contributed by atoms with E-state index in [4.69, 9.17) is 0 Å². The summed E-state index contributed by atoms with van der Waals surface area (Å²) in [4.78, 5) is 25.5. The van der Waals surface area contributed by atoms with Gasteiger partial charge in [0, 0.05) is 23.9 Å². The highest BCUT2D eigenvalue weighted by Gasteiger charge is 2.41. The summed E-state index contributed by atoms with van der Waals surface area (Å²) in [5.74, 6) is 0.368. The normalized spacial score (nSPS) is 16.9. The molecule has 3 aromatic carbocycles. The summed E-state index contributed by atoms with van der Waals surface area (Å²) >= 11 is 0. The number of aliphatic hydroxyl groups is 1. The van der Waals surface area contributed by atoms with Crippen LogP contribution in [-0.4, -0.2) is 21.6 Å². The zero-order chi connectivity index (χ0) is 22.4. The molecule has 10 nitrogen and oxygen atoms in total. The summed E-state index contributed by atoms with van der Waals surface area (Å²) in [6, 6.07) is 18.8. The van der Waals surface area contributed by atoms with Gasteiger partial charge in [0.15, 0.2) is 11.6 Å². The molecule has 160 valence electrons. The fourth-order valence-corrected chi connectivity index (χ4v) is 4.19. The van der Waals surface area contributed by atoms with E-state index >= 15 is 0 Å². The third kappa shape index (κ3) is 2.97. The van der Waals surface area contributed by atoms with E-state index in [2.05, 4.69) is 5.32 Å². The van der Waals surface area contributed by atoms with Crippen LogP contribution >= 0.6 is 0 Å². The molecule has 0 bridgehead atoms. The molecule has 0 spiro atoms. The summed E-state index contributed by atoms with van der Waals surface area (Å²) in [5.41, 5.74) is 2.36. The van der Waals surface area contributed by atoms with E-state index < -0.39 is 15.9 Å². The van der Waals surface area contributed by atoms with Crippen molar-refractivity contribution in [3.05, 3.63) is 110 Å². The zero-order valence-corrected chi connectivity index (χ0v) is 16.6. The number of non-ortho nitro benzene ring substituents is 1. The minimum atomic E-state index is -0.869. The number of benzene rings is 3. The van der Waals surface area contributed by atoms with Crippen LogP contribution in [0, 0.1) is 20.2 Å². The number of nitrogens with one attached hydrogen (secondary N) is 1. The molecule has 10 heteroatoms. The van der Waals surface area contributed by atoms with Crippen molar-refractivity contribution in [2.24, 2.45) is 0 Å². The molecule has 0 saturated heterocycles. The number of hydrogen-bond donors (Lipinski definition) is 2. The molecule has 5 rings (SSSR count). The molecule has 0 unspecified atom stereocenters. The van der Waals surface area contributed by atoms with Gasteiger partial charge in [0.2, 0.25) is 0 Å². The van der Waals surface area contributed by atoms with Crippen molar-refractivity contribution in [2.75, 3.05) is 21.8 Å². The van der Waals surface area contributed by atoms with E-state index in [1.165, 1.54) is 18.2 Å². The van der Waals surface area contributed by atoms with Crippen LogP contribution in [0.25, 0.3) is 0 Å². The first-order valence-electron chi connectivity index (χ1n) is 9.77. The fourth-order valence-electron chi connectivity index (χ4n) is 4.19. The Morgan fingerprint density at radius 1 is 0.906 bits per heavy atom. The molecule has 0 saturated carbocycles. The standard InChI is InChI=1S/C22H17N5O5/c28-21-20(16-5-1-3-7-18(16)27(31)32)24(14-9-11-15(12-10-14)26(29)30)13-25-19-8-4-2-6-17(19)23-22(21)25/h1-12,20,23,28H,13H2/t20-/m1/s1. The Balaban J connectivity index is 1.69. The number of hydrogen-bond acceptors (Lipinski definition) is 8. The van der Waals surface area contributed by atoms with E-state index in [1.54, 1.807) is 35.2 Å². The van der Waals surface area contributed by atoms with E-state index in [9.17, 15) is 25.3 Å². The highest BCUT2D eigenvalue weighted by molar-refractivity contribution is 5.83. The topological polar surface area (TPSA) is 125 Å². The minimum absolute atomic E-state index is 0.0679. The number of nitrogens with zero attached hydrogens (tertiary/aromatic N) is 4. The molecule has 2 aliphatic rings. The lowest BCUT2D eigenvalue weighted by molar-refractivity contribution is -0.385. The predicted molar refractivity (Wildman–Crippen MR) is 118 cm³/mol. The SMILES string of the molecule is O=[N+]([O-])c1ccc(N2CN3C(=C(O)[C@H]2c2ccccc2[N+](=O)[O-])Nc2ccccc23)cc1. The number of rotatable bonds is 4. The summed E-state index contributed by atoms with van der Waals surface area (Å²) < 4.78 is 0.